The Morgan fingerprint density at radius 1 is 1.24 bits per heavy atom. The van der Waals surface area contributed by atoms with E-state index in [9.17, 15) is 13.5 Å². The van der Waals surface area contributed by atoms with Crippen LogP contribution in [0, 0.1) is 11.8 Å². The Morgan fingerprint density at radius 3 is 2.18 bits per heavy atom. The van der Waals surface area contributed by atoms with Crippen molar-refractivity contribution in [2.24, 2.45) is 11.8 Å². The monoisotopic (exact) mass is 263 g/mol. The Hall–Kier alpha value is -0.130. The Bertz CT molecular complexity index is 317. The average molecular weight is 263 g/mol. The number of rotatable bonds is 5. The van der Waals surface area contributed by atoms with Gasteiger partial charge in [0.2, 0.25) is 10.0 Å². The standard InChI is InChI=1S/C12H25NO3S/c1-10(2)6-9-17(15,16)13-7-4-12(5-8-13)11(3)14/h10-12,14H,4-9H2,1-3H3. The molecule has 0 aromatic rings. The number of sulfonamides is 1. The minimum Gasteiger partial charge on any atom is -0.393 e. The zero-order valence-corrected chi connectivity index (χ0v) is 11.9. The molecule has 102 valence electrons. The van der Waals surface area contributed by atoms with Gasteiger partial charge in [0.15, 0.2) is 0 Å². The Kier molecular flexibility index (Phi) is 5.41. The SMILES string of the molecule is CC(C)CCS(=O)(=O)N1CCC(C(C)O)CC1. The fourth-order valence-electron chi connectivity index (χ4n) is 2.15. The van der Waals surface area contributed by atoms with Crippen molar-refractivity contribution in [2.75, 3.05) is 18.8 Å². The molecule has 0 amide bonds. The molecule has 1 atom stereocenters. The molecule has 1 aliphatic heterocycles. The number of piperidine rings is 1. The summed E-state index contributed by atoms with van der Waals surface area (Å²) in [5.74, 6) is 0.927. The highest BCUT2D eigenvalue weighted by molar-refractivity contribution is 7.89. The van der Waals surface area contributed by atoms with Gasteiger partial charge in [-0.15, -0.1) is 0 Å². The van der Waals surface area contributed by atoms with Crippen LogP contribution in [0.25, 0.3) is 0 Å². The second-order valence-electron chi connectivity index (χ2n) is 5.48. The van der Waals surface area contributed by atoms with Crippen LogP contribution in [0.2, 0.25) is 0 Å². The van der Waals surface area contributed by atoms with Crippen LogP contribution in [0.5, 0.6) is 0 Å². The Morgan fingerprint density at radius 2 is 1.76 bits per heavy atom. The summed E-state index contributed by atoms with van der Waals surface area (Å²) in [6, 6.07) is 0. The second-order valence-corrected chi connectivity index (χ2v) is 7.56. The molecule has 1 rings (SSSR count). The molecule has 1 saturated heterocycles. The fraction of sp³-hybridized carbons (Fsp3) is 1.00. The maximum absolute atomic E-state index is 12.0. The Labute approximate surface area is 105 Å². The van der Waals surface area contributed by atoms with Gasteiger partial charge in [0.05, 0.1) is 11.9 Å². The van der Waals surface area contributed by atoms with E-state index in [0.717, 1.165) is 19.3 Å². The van der Waals surface area contributed by atoms with Crippen molar-refractivity contribution in [3.8, 4) is 0 Å². The van der Waals surface area contributed by atoms with Gasteiger partial charge < -0.3 is 5.11 Å². The smallest absolute Gasteiger partial charge is 0.214 e. The predicted octanol–water partition coefficient (Wildman–Crippen LogP) is 1.46. The molecule has 5 heteroatoms. The topological polar surface area (TPSA) is 57.6 Å². The summed E-state index contributed by atoms with van der Waals surface area (Å²) in [4.78, 5) is 0. The van der Waals surface area contributed by atoms with E-state index in [1.54, 1.807) is 11.2 Å². The highest BCUT2D eigenvalue weighted by atomic mass is 32.2. The van der Waals surface area contributed by atoms with Crippen LogP contribution in [0.4, 0.5) is 0 Å². The minimum absolute atomic E-state index is 0.254. The molecular formula is C12H25NO3S. The molecule has 0 saturated carbocycles. The highest BCUT2D eigenvalue weighted by Gasteiger charge is 2.29. The summed E-state index contributed by atoms with van der Waals surface area (Å²) in [5.41, 5.74) is 0. The summed E-state index contributed by atoms with van der Waals surface area (Å²) in [7, 11) is -3.08. The van der Waals surface area contributed by atoms with E-state index in [-0.39, 0.29) is 17.8 Å². The van der Waals surface area contributed by atoms with Gasteiger partial charge in [-0.3, -0.25) is 0 Å². The zero-order chi connectivity index (χ0) is 13.1. The molecule has 0 bridgehead atoms. The van der Waals surface area contributed by atoms with Crippen molar-refractivity contribution in [3.05, 3.63) is 0 Å². The van der Waals surface area contributed by atoms with Gasteiger partial charge in [-0.1, -0.05) is 13.8 Å². The lowest BCUT2D eigenvalue weighted by atomic mass is 9.93. The van der Waals surface area contributed by atoms with Crippen molar-refractivity contribution < 1.29 is 13.5 Å². The molecule has 1 fully saturated rings. The quantitative estimate of drug-likeness (QED) is 0.817. The lowest BCUT2D eigenvalue weighted by Gasteiger charge is -2.32. The molecule has 4 nitrogen and oxygen atoms in total. The maximum Gasteiger partial charge on any atom is 0.214 e. The predicted molar refractivity (Wildman–Crippen MR) is 69.2 cm³/mol. The summed E-state index contributed by atoms with van der Waals surface area (Å²) in [6.07, 6.45) is 1.95. The molecule has 1 heterocycles. The molecular weight excluding hydrogens is 238 g/mol. The van der Waals surface area contributed by atoms with E-state index in [0.29, 0.717) is 19.0 Å². The van der Waals surface area contributed by atoms with Crippen LogP contribution in [0.3, 0.4) is 0 Å². The van der Waals surface area contributed by atoms with Gasteiger partial charge in [0, 0.05) is 13.1 Å². The van der Waals surface area contributed by atoms with E-state index < -0.39 is 10.0 Å². The van der Waals surface area contributed by atoms with Crippen molar-refractivity contribution in [3.63, 3.8) is 0 Å². The summed E-state index contributed by atoms with van der Waals surface area (Å²) < 4.78 is 25.7. The van der Waals surface area contributed by atoms with Gasteiger partial charge in [0.1, 0.15) is 0 Å². The van der Waals surface area contributed by atoms with Crippen LogP contribution >= 0.6 is 0 Å². The number of hydrogen-bond donors (Lipinski definition) is 1. The van der Waals surface area contributed by atoms with E-state index in [4.69, 9.17) is 0 Å². The molecule has 1 unspecified atom stereocenters. The van der Waals surface area contributed by atoms with Gasteiger partial charge in [-0.05, 0) is 38.0 Å². The van der Waals surface area contributed by atoms with Crippen molar-refractivity contribution in [2.45, 2.75) is 46.1 Å². The van der Waals surface area contributed by atoms with Gasteiger partial charge in [0.25, 0.3) is 0 Å². The number of aliphatic hydroxyl groups excluding tert-OH is 1. The summed E-state index contributed by atoms with van der Waals surface area (Å²) in [6.45, 7) is 6.99. The maximum atomic E-state index is 12.0. The van der Waals surface area contributed by atoms with E-state index in [2.05, 4.69) is 0 Å². The minimum atomic E-state index is -3.08. The van der Waals surface area contributed by atoms with Crippen LogP contribution in [-0.4, -0.2) is 42.8 Å². The third-order valence-electron chi connectivity index (χ3n) is 3.53. The third-order valence-corrected chi connectivity index (χ3v) is 5.43. The van der Waals surface area contributed by atoms with E-state index >= 15 is 0 Å². The third kappa shape index (κ3) is 4.56. The normalized spacial score (nSPS) is 21.9. The van der Waals surface area contributed by atoms with Crippen molar-refractivity contribution in [1.82, 2.24) is 4.31 Å². The molecule has 0 aromatic heterocycles. The first-order valence-electron chi connectivity index (χ1n) is 6.49. The van der Waals surface area contributed by atoms with Crippen molar-refractivity contribution in [1.29, 1.82) is 0 Å². The highest BCUT2D eigenvalue weighted by Crippen LogP contribution is 2.23. The fourth-order valence-corrected chi connectivity index (χ4v) is 3.94. The molecule has 17 heavy (non-hydrogen) atoms. The molecule has 0 aliphatic carbocycles. The second kappa shape index (κ2) is 6.16. The number of hydrogen-bond acceptors (Lipinski definition) is 3. The van der Waals surface area contributed by atoms with Gasteiger partial charge >= 0.3 is 0 Å². The van der Waals surface area contributed by atoms with Crippen LogP contribution in [-0.2, 0) is 10.0 Å². The summed E-state index contributed by atoms with van der Waals surface area (Å²) >= 11 is 0. The van der Waals surface area contributed by atoms with Crippen LogP contribution < -0.4 is 0 Å². The molecule has 1 aliphatic rings. The molecule has 0 spiro atoms. The first-order chi connectivity index (χ1) is 7.83. The zero-order valence-electron chi connectivity index (χ0n) is 11.1. The lowest BCUT2D eigenvalue weighted by molar-refractivity contribution is 0.0912. The van der Waals surface area contributed by atoms with E-state index in [1.165, 1.54) is 0 Å². The van der Waals surface area contributed by atoms with E-state index in [1.807, 2.05) is 13.8 Å². The first kappa shape index (κ1) is 14.9. The molecule has 0 aromatic carbocycles. The largest absolute Gasteiger partial charge is 0.393 e. The summed E-state index contributed by atoms with van der Waals surface area (Å²) in [5, 5.41) is 9.47. The van der Waals surface area contributed by atoms with Crippen LogP contribution in [0.15, 0.2) is 0 Å². The Balaban J connectivity index is 2.47. The molecule has 0 radical (unpaired) electrons. The lowest BCUT2D eigenvalue weighted by Crippen LogP contribution is -2.41. The molecule has 1 N–H and O–H groups in total. The van der Waals surface area contributed by atoms with Gasteiger partial charge in [-0.25, -0.2) is 12.7 Å². The average Bonchev–Trinajstić information content (AvgIpc) is 2.27. The first-order valence-corrected chi connectivity index (χ1v) is 8.09. The van der Waals surface area contributed by atoms with Crippen molar-refractivity contribution >= 4 is 10.0 Å². The van der Waals surface area contributed by atoms with Gasteiger partial charge in [-0.2, -0.15) is 0 Å². The van der Waals surface area contributed by atoms with Crippen LogP contribution in [0.1, 0.15) is 40.0 Å². The number of nitrogens with zero attached hydrogens (tertiary/aromatic N) is 1. The number of aliphatic hydroxyl groups is 1.